The van der Waals surface area contributed by atoms with Gasteiger partial charge in [-0.2, -0.15) is 0 Å². The van der Waals surface area contributed by atoms with Crippen molar-refractivity contribution in [1.29, 1.82) is 0 Å². The second kappa shape index (κ2) is 23.7. The summed E-state index contributed by atoms with van der Waals surface area (Å²) in [5, 5.41) is 9.70. The van der Waals surface area contributed by atoms with Gasteiger partial charge in [-0.05, 0) is 46.0 Å². The number of allylic oxidation sites excluding steroid dienone is 2. The molecule has 36 heavy (non-hydrogen) atoms. The molecular formula is C33H64O3. The van der Waals surface area contributed by atoms with Crippen LogP contribution in [0.15, 0.2) is 11.6 Å². The van der Waals surface area contributed by atoms with E-state index in [0.717, 1.165) is 12.8 Å². The molecule has 1 unspecified atom stereocenters. The minimum absolute atomic E-state index is 0.102. The van der Waals surface area contributed by atoms with Crippen LogP contribution in [0, 0.1) is 5.92 Å². The molecule has 0 bridgehead atoms. The molecule has 1 aliphatic rings. The molecule has 0 spiro atoms. The molecule has 1 fully saturated rings. The van der Waals surface area contributed by atoms with Gasteiger partial charge in [-0.25, -0.2) is 0 Å². The summed E-state index contributed by atoms with van der Waals surface area (Å²) < 4.78 is 11.4. The lowest BCUT2D eigenvalue weighted by molar-refractivity contribution is -0.191. The fraction of sp³-hybridized carbons (Fsp3) is 0.939. The number of ether oxygens (including phenoxy) is 2. The lowest BCUT2D eigenvalue weighted by Gasteiger charge is -2.30. The van der Waals surface area contributed by atoms with Crippen molar-refractivity contribution >= 4 is 0 Å². The fourth-order valence-electron chi connectivity index (χ4n) is 5.58. The Balaban J connectivity index is 1.82. The van der Waals surface area contributed by atoms with Gasteiger partial charge in [-0.1, -0.05) is 134 Å². The first-order valence-electron chi connectivity index (χ1n) is 16.2. The van der Waals surface area contributed by atoms with Crippen molar-refractivity contribution in [2.24, 2.45) is 5.92 Å². The Hall–Kier alpha value is -0.380. The van der Waals surface area contributed by atoms with E-state index in [1.54, 1.807) is 5.57 Å². The third-order valence-corrected chi connectivity index (χ3v) is 8.25. The lowest BCUT2D eigenvalue weighted by Crippen LogP contribution is -2.38. The molecule has 0 aromatic carbocycles. The quantitative estimate of drug-likeness (QED) is 0.0932. The maximum absolute atomic E-state index is 9.70. The van der Waals surface area contributed by atoms with E-state index in [4.69, 9.17) is 9.47 Å². The van der Waals surface area contributed by atoms with Crippen LogP contribution >= 0.6 is 0 Å². The van der Waals surface area contributed by atoms with Crippen LogP contribution in [-0.4, -0.2) is 30.7 Å². The van der Waals surface area contributed by atoms with E-state index in [9.17, 15) is 5.11 Å². The minimum atomic E-state index is -0.566. The van der Waals surface area contributed by atoms with Gasteiger partial charge in [-0.15, -0.1) is 0 Å². The van der Waals surface area contributed by atoms with Gasteiger partial charge in [-0.3, -0.25) is 0 Å². The number of hydrogen-bond acceptors (Lipinski definition) is 3. The second-order valence-electron chi connectivity index (χ2n) is 11.7. The monoisotopic (exact) mass is 508 g/mol. The molecule has 1 atom stereocenters. The minimum Gasteiger partial charge on any atom is -0.396 e. The van der Waals surface area contributed by atoms with E-state index in [1.165, 1.54) is 135 Å². The predicted octanol–water partition coefficient (Wildman–Crippen LogP) is 10.3. The van der Waals surface area contributed by atoms with Crippen molar-refractivity contribution in [1.82, 2.24) is 0 Å². The second-order valence-corrected chi connectivity index (χ2v) is 11.7. The van der Waals surface area contributed by atoms with Crippen LogP contribution in [-0.2, 0) is 9.47 Å². The molecule has 214 valence electrons. The zero-order valence-electron chi connectivity index (χ0n) is 24.8. The van der Waals surface area contributed by atoms with Gasteiger partial charge in [0.1, 0.15) is 0 Å². The molecule has 0 saturated carbocycles. The summed E-state index contributed by atoms with van der Waals surface area (Å²) >= 11 is 0. The molecular weight excluding hydrogens is 444 g/mol. The fourth-order valence-corrected chi connectivity index (χ4v) is 5.58. The Morgan fingerprint density at radius 1 is 0.694 bits per heavy atom. The van der Waals surface area contributed by atoms with E-state index in [0.29, 0.717) is 13.2 Å². The summed E-state index contributed by atoms with van der Waals surface area (Å²) in [7, 11) is 0. The Kier molecular flexibility index (Phi) is 22.2. The highest BCUT2D eigenvalue weighted by Crippen LogP contribution is 2.31. The van der Waals surface area contributed by atoms with Gasteiger partial charge in [0.2, 0.25) is 0 Å². The van der Waals surface area contributed by atoms with E-state index in [-0.39, 0.29) is 12.5 Å². The molecule has 1 aliphatic heterocycles. The first kappa shape index (κ1) is 33.6. The molecule has 0 amide bonds. The maximum atomic E-state index is 9.70. The molecule has 0 radical (unpaired) electrons. The molecule has 3 heteroatoms. The number of aliphatic hydroxyl groups is 1. The summed E-state index contributed by atoms with van der Waals surface area (Å²) in [6.45, 7) is 8.05. The summed E-state index contributed by atoms with van der Waals surface area (Å²) in [4.78, 5) is 0. The SMILES string of the molecule is CCCCCCCCCCCCCCCCCC=C(C)CCCCCCCC(CO)C1(C)OCCO1. The van der Waals surface area contributed by atoms with Crippen LogP contribution in [0.4, 0.5) is 0 Å². The Labute approximate surface area is 226 Å². The Bertz CT molecular complexity index is 495. The summed E-state index contributed by atoms with van der Waals surface area (Å²) in [5.74, 6) is -0.464. The Morgan fingerprint density at radius 3 is 1.64 bits per heavy atom. The molecule has 1 N–H and O–H groups in total. The smallest absolute Gasteiger partial charge is 0.170 e. The highest BCUT2D eigenvalue weighted by atomic mass is 16.7. The number of rotatable bonds is 26. The van der Waals surface area contributed by atoms with Crippen molar-refractivity contribution in [3.63, 3.8) is 0 Å². The number of aliphatic hydroxyl groups excluding tert-OH is 1. The van der Waals surface area contributed by atoms with E-state index >= 15 is 0 Å². The van der Waals surface area contributed by atoms with Crippen LogP contribution in [0.25, 0.3) is 0 Å². The van der Waals surface area contributed by atoms with Crippen molar-refractivity contribution in [3.8, 4) is 0 Å². The first-order chi connectivity index (χ1) is 17.6. The highest BCUT2D eigenvalue weighted by molar-refractivity contribution is 4.97. The maximum Gasteiger partial charge on any atom is 0.170 e. The molecule has 1 heterocycles. The first-order valence-corrected chi connectivity index (χ1v) is 16.2. The van der Waals surface area contributed by atoms with Crippen molar-refractivity contribution in [2.75, 3.05) is 19.8 Å². The van der Waals surface area contributed by atoms with Crippen molar-refractivity contribution in [3.05, 3.63) is 11.6 Å². The molecule has 3 nitrogen and oxygen atoms in total. The van der Waals surface area contributed by atoms with Crippen LogP contribution in [0.2, 0.25) is 0 Å². The molecule has 0 aromatic heterocycles. The normalized spacial score (nSPS) is 16.6. The third-order valence-electron chi connectivity index (χ3n) is 8.25. The zero-order valence-corrected chi connectivity index (χ0v) is 24.8. The summed E-state index contributed by atoms with van der Waals surface area (Å²) in [5.41, 5.74) is 1.59. The highest BCUT2D eigenvalue weighted by Gasteiger charge is 2.38. The average Bonchev–Trinajstić information content (AvgIpc) is 3.32. The molecule has 0 aliphatic carbocycles. The van der Waals surface area contributed by atoms with E-state index < -0.39 is 5.79 Å². The molecule has 1 saturated heterocycles. The van der Waals surface area contributed by atoms with Crippen molar-refractivity contribution in [2.45, 2.75) is 174 Å². The number of unbranched alkanes of at least 4 members (excludes halogenated alkanes) is 19. The van der Waals surface area contributed by atoms with Gasteiger partial charge in [0.15, 0.2) is 5.79 Å². The van der Waals surface area contributed by atoms with Crippen LogP contribution < -0.4 is 0 Å². The average molecular weight is 509 g/mol. The molecule has 1 rings (SSSR count). The molecule has 0 aromatic rings. The predicted molar refractivity (Wildman–Crippen MR) is 157 cm³/mol. The van der Waals surface area contributed by atoms with Gasteiger partial charge >= 0.3 is 0 Å². The standard InChI is InChI=1S/C33H64O3/c1-4-5-6-7-8-9-10-11-12-13-14-15-16-17-19-22-25-31(2)26-23-20-18-21-24-27-32(30-34)33(3)35-28-29-36-33/h25,32,34H,4-24,26-30H2,1-3H3. The zero-order chi connectivity index (χ0) is 26.2. The van der Waals surface area contributed by atoms with Crippen LogP contribution in [0.1, 0.15) is 168 Å². The number of hydrogen-bond donors (Lipinski definition) is 1. The van der Waals surface area contributed by atoms with Crippen LogP contribution in [0.3, 0.4) is 0 Å². The van der Waals surface area contributed by atoms with Gasteiger partial charge in [0.25, 0.3) is 0 Å². The Morgan fingerprint density at radius 2 is 1.14 bits per heavy atom. The van der Waals surface area contributed by atoms with Gasteiger partial charge in [0.05, 0.1) is 19.8 Å². The van der Waals surface area contributed by atoms with Crippen LogP contribution in [0.5, 0.6) is 0 Å². The van der Waals surface area contributed by atoms with Crippen molar-refractivity contribution < 1.29 is 14.6 Å². The van der Waals surface area contributed by atoms with E-state index in [2.05, 4.69) is 19.9 Å². The summed E-state index contributed by atoms with van der Waals surface area (Å²) in [6.07, 6.45) is 33.9. The third kappa shape index (κ3) is 18.0. The van der Waals surface area contributed by atoms with Gasteiger partial charge in [0, 0.05) is 5.92 Å². The van der Waals surface area contributed by atoms with E-state index in [1.807, 2.05) is 6.92 Å². The summed E-state index contributed by atoms with van der Waals surface area (Å²) in [6, 6.07) is 0. The topological polar surface area (TPSA) is 38.7 Å². The lowest BCUT2D eigenvalue weighted by atomic mass is 9.93. The largest absolute Gasteiger partial charge is 0.396 e. The van der Waals surface area contributed by atoms with Gasteiger partial charge < -0.3 is 14.6 Å².